The zero-order chi connectivity index (χ0) is 18.8. The number of hydrogen-bond acceptors (Lipinski definition) is 3. The summed E-state index contributed by atoms with van der Waals surface area (Å²) in [7, 11) is 0. The first-order chi connectivity index (χ1) is 12.4. The molecule has 3 amide bonds. The fraction of sp³-hybridized carbons (Fsp3) is 0.286. The molecule has 0 spiro atoms. The Morgan fingerprint density at radius 3 is 2.00 bits per heavy atom. The fourth-order valence-corrected chi connectivity index (χ4v) is 3.13. The topological polar surface area (TPSA) is 66.5 Å². The van der Waals surface area contributed by atoms with Gasteiger partial charge in [0.25, 0.3) is 11.8 Å². The standard InChI is InChI=1S/C21H22N2O3/c1-13(2)12-18(19(24)22-15-10-8-14(3)9-11-15)23-20(25)16-6-4-5-7-17(16)21(23)26/h4-11,13,18H,12H2,1-3H3,(H,22,24)/t18-/m1/s1. The van der Waals surface area contributed by atoms with Crippen LogP contribution in [-0.4, -0.2) is 28.7 Å². The van der Waals surface area contributed by atoms with Crippen molar-refractivity contribution in [1.29, 1.82) is 0 Å². The van der Waals surface area contributed by atoms with Gasteiger partial charge in [-0.2, -0.15) is 0 Å². The maximum atomic E-state index is 12.9. The Labute approximate surface area is 153 Å². The summed E-state index contributed by atoms with van der Waals surface area (Å²) in [5.41, 5.74) is 2.44. The van der Waals surface area contributed by atoms with E-state index in [1.165, 1.54) is 0 Å². The van der Waals surface area contributed by atoms with Gasteiger partial charge in [-0.25, -0.2) is 0 Å². The van der Waals surface area contributed by atoms with Gasteiger partial charge < -0.3 is 5.32 Å². The molecule has 0 radical (unpaired) electrons. The molecule has 1 heterocycles. The van der Waals surface area contributed by atoms with Crippen molar-refractivity contribution >= 4 is 23.4 Å². The van der Waals surface area contributed by atoms with Crippen molar-refractivity contribution < 1.29 is 14.4 Å². The second-order valence-corrected chi connectivity index (χ2v) is 7.03. The quantitative estimate of drug-likeness (QED) is 0.837. The van der Waals surface area contributed by atoms with Crippen LogP contribution in [0.3, 0.4) is 0 Å². The zero-order valence-electron chi connectivity index (χ0n) is 15.2. The van der Waals surface area contributed by atoms with E-state index < -0.39 is 17.9 Å². The number of nitrogens with one attached hydrogen (secondary N) is 1. The van der Waals surface area contributed by atoms with Gasteiger partial charge in [-0.3, -0.25) is 19.3 Å². The Hall–Kier alpha value is -2.95. The number of rotatable bonds is 5. The Balaban J connectivity index is 1.89. The van der Waals surface area contributed by atoms with Crippen LogP contribution < -0.4 is 5.32 Å². The van der Waals surface area contributed by atoms with Crippen molar-refractivity contribution in [3.05, 3.63) is 65.2 Å². The van der Waals surface area contributed by atoms with E-state index in [-0.39, 0.29) is 11.8 Å². The van der Waals surface area contributed by atoms with Crippen LogP contribution in [0.1, 0.15) is 46.5 Å². The molecule has 0 unspecified atom stereocenters. The number of aryl methyl sites for hydroxylation is 1. The number of carbonyl (C=O) groups excluding carboxylic acids is 3. The maximum absolute atomic E-state index is 12.9. The lowest BCUT2D eigenvalue weighted by Crippen LogP contribution is -2.47. The van der Waals surface area contributed by atoms with Crippen molar-refractivity contribution in [3.63, 3.8) is 0 Å². The third-order valence-electron chi connectivity index (χ3n) is 4.45. The molecule has 134 valence electrons. The van der Waals surface area contributed by atoms with Crippen molar-refractivity contribution in [2.24, 2.45) is 5.92 Å². The molecular weight excluding hydrogens is 328 g/mol. The third-order valence-corrected chi connectivity index (χ3v) is 4.45. The van der Waals surface area contributed by atoms with Gasteiger partial charge in [-0.1, -0.05) is 43.7 Å². The van der Waals surface area contributed by atoms with Crippen LogP contribution in [0.2, 0.25) is 0 Å². The summed E-state index contributed by atoms with van der Waals surface area (Å²) in [4.78, 5) is 39.5. The molecule has 2 aromatic rings. The summed E-state index contributed by atoms with van der Waals surface area (Å²) in [5.74, 6) is -1.02. The third kappa shape index (κ3) is 3.38. The van der Waals surface area contributed by atoms with Gasteiger partial charge in [-0.05, 0) is 43.5 Å². The minimum atomic E-state index is -0.844. The highest BCUT2D eigenvalue weighted by Gasteiger charge is 2.42. The molecule has 2 aromatic carbocycles. The Bertz CT molecular complexity index is 821. The molecule has 0 bridgehead atoms. The summed E-state index contributed by atoms with van der Waals surface area (Å²) < 4.78 is 0. The van der Waals surface area contributed by atoms with E-state index in [1.807, 2.05) is 45.0 Å². The van der Waals surface area contributed by atoms with Crippen LogP contribution in [0.4, 0.5) is 5.69 Å². The molecule has 0 saturated heterocycles. The maximum Gasteiger partial charge on any atom is 0.262 e. The number of benzene rings is 2. The van der Waals surface area contributed by atoms with Crippen LogP contribution in [0.15, 0.2) is 48.5 Å². The normalized spacial score (nSPS) is 14.5. The lowest BCUT2D eigenvalue weighted by atomic mass is 10.0. The molecule has 5 heteroatoms. The molecule has 5 nitrogen and oxygen atoms in total. The first kappa shape index (κ1) is 17.9. The van der Waals surface area contributed by atoms with Crippen LogP contribution in [0, 0.1) is 12.8 Å². The van der Waals surface area contributed by atoms with E-state index in [0.717, 1.165) is 10.5 Å². The predicted octanol–water partition coefficient (Wildman–Crippen LogP) is 3.64. The van der Waals surface area contributed by atoms with E-state index in [2.05, 4.69) is 5.32 Å². The Kier molecular flexibility index (Phi) is 4.89. The van der Waals surface area contributed by atoms with Crippen LogP contribution in [0.25, 0.3) is 0 Å². The summed E-state index contributed by atoms with van der Waals surface area (Å²) in [6.07, 6.45) is 0.406. The summed E-state index contributed by atoms with van der Waals surface area (Å²) in [6, 6.07) is 13.3. The summed E-state index contributed by atoms with van der Waals surface area (Å²) >= 11 is 0. The number of nitrogens with zero attached hydrogens (tertiary/aromatic N) is 1. The van der Waals surface area contributed by atoms with Gasteiger partial charge in [0.2, 0.25) is 5.91 Å². The number of fused-ring (bicyclic) bond motifs is 1. The van der Waals surface area contributed by atoms with Crippen molar-refractivity contribution in [2.75, 3.05) is 5.32 Å². The van der Waals surface area contributed by atoms with Gasteiger partial charge in [0.05, 0.1) is 11.1 Å². The van der Waals surface area contributed by atoms with Crippen molar-refractivity contribution in [3.8, 4) is 0 Å². The number of anilines is 1. The van der Waals surface area contributed by atoms with Crippen molar-refractivity contribution in [1.82, 2.24) is 4.90 Å². The van der Waals surface area contributed by atoms with Gasteiger partial charge in [0.15, 0.2) is 0 Å². The van der Waals surface area contributed by atoms with E-state index in [1.54, 1.807) is 24.3 Å². The van der Waals surface area contributed by atoms with Crippen molar-refractivity contribution in [2.45, 2.75) is 33.2 Å². The average molecular weight is 350 g/mol. The second kappa shape index (κ2) is 7.12. The van der Waals surface area contributed by atoms with Gasteiger partial charge in [-0.15, -0.1) is 0 Å². The van der Waals surface area contributed by atoms with Gasteiger partial charge in [0, 0.05) is 5.69 Å². The van der Waals surface area contributed by atoms with Crippen LogP contribution >= 0.6 is 0 Å². The molecule has 26 heavy (non-hydrogen) atoms. The molecule has 3 rings (SSSR count). The average Bonchev–Trinajstić information content (AvgIpc) is 2.86. The zero-order valence-corrected chi connectivity index (χ0v) is 15.2. The smallest absolute Gasteiger partial charge is 0.262 e. The molecule has 1 atom stereocenters. The summed E-state index contributed by atoms with van der Waals surface area (Å²) in [6.45, 7) is 5.89. The number of amides is 3. The molecule has 0 aliphatic carbocycles. The molecule has 0 saturated carbocycles. The monoisotopic (exact) mass is 350 g/mol. The largest absolute Gasteiger partial charge is 0.324 e. The minimum Gasteiger partial charge on any atom is -0.324 e. The minimum absolute atomic E-state index is 0.146. The van der Waals surface area contributed by atoms with Gasteiger partial charge >= 0.3 is 0 Å². The highest BCUT2D eigenvalue weighted by atomic mass is 16.2. The van der Waals surface area contributed by atoms with E-state index in [4.69, 9.17) is 0 Å². The Morgan fingerprint density at radius 2 is 1.50 bits per heavy atom. The molecule has 1 N–H and O–H groups in total. The van der Waals surface area contributed by atoms with Gasteiger partial charge in [0.1, 0.15) is 6.04 Å². The number of imide groups is 1. The molecule has 0 fully saturated rings. The van der Waals surface area contributed by atoms with Crippen LogP contribution in [-0.2, 0) is 4.79 Å². The molecule has 1 aliphatic heterocycles. The lowest BCUT2D eigenvalue weighted by Gasteiger charge is -2.26. The van der Waals surface area contributed by atoms with Crippen LogP contribution in [0.5, 0.6) is 0 Å². The van der Waals surface area contributed by atoms with E-state index in [9.17, 15) is 14.4 Å². The fourth-order valence-electron chi connectivity index (χ4n) is 3.13. The highest BCUT2D eigenvalue weighted by Crippen LogP contribution is 2.27. The molecule has 0 aromatic heterocycles. The number of hydrogen-bond donors (Lipinski definition) is 1. The van der Waals surface area contributed by atoms with E-state index in [0.29, 0.717) is 23.2 Å². The number of carbonyl (C=O) groups is 3. The highest BCUT2D eigenvalue weighted by molar-refractivity contribution is 6.23. The van der Waals surface area contributed by atoms with E-state index >= 15 is 0 Å². The SMILES string of the molecule is Cc1ccc(NC(=O)[C@@H](CC(C)C)N2C(=O)c3ccccc3C2=O)cc1. The molecular formula is C21H22N2O3. The second-order valence-electron chi connectivity index (χ2n) is 7.03. The lowest BCUT2D eigenvalue weighted by molar-refractivity contribution is -0.120. The Morgan fingerprint density at radius 1 is 0.962 bits per heavy atom. The first-order valence-corrected chi connectivity index (χ1v) is 8.73. The molecule has 1 aliphatic rings. The first-order valence-electron chi connectivity index (χ1n) is 8.73. The predicted molar refractivity (Wildman–Crippen MR) is 100.0 cm³/mol. The summed E-state index contributed by atoms with van der Waals surface area (Å²) in [5, 5.41) is 2.83.